The molecule has 20 heavy (non-hydrogen) atoms. The van der Waals surface area contributed by atoms with Gasteiger partial charge < -0.3 is 15.2 Å². The fourth-order valence-corrected chi connectivity index (χ4v) is 2.23. The van der Waals surface area contributed by atoms with Crippen molar-refractivity contribution in [2.45, 2.75) is 31.5 Å². The molecule has 6 heteroatoms. The number of hydrogen-bond acceptors (Lipinski definition) is 3. The summed E-state index contributed by atoms with van der Waals surface area (Å²) in [7, 11) is 0. The summed E-state index contributed by atoms with van der Waals surface area (Å²) in [6, 6.07) is 7.41. The number of ether oxygens (including phenoxy) is 1. The standard InChI is InChI=1S/C14H16ClNO4/c15-10-3-1-9(2-4-10)7-8-16-13(17)11-5-6-12(20-11)14(18)19/h1-4,11-12H,5-8H2,(H,16,17)(H,18,19)/t11-,12+/m0/s1. The van der Waals surface area contributed by atoms with Gasteiger partial charge >= 0.3 is 5.97 Å². The Balaban J connectivity index is 1.73. The van der Waals surface area contributed by atoms with Crippen molar-refractivity contribution in [1.82, 2.24) is 5.32 Å². The highest BCUT2D eigenvalue weighted by Gasteiger charge is 2.34. The summed E-state index contributed by atoms with van der Waals surface area (Å²) in [6.07, 6.45) is 0.00937. The average Bonchev–Trinajstić information content (AvgIpc) is 2.91. The second-order valence-electron chi connectivity index (χ2n) is 4.70. The molecule has 0 aromatic heterocycles. The Bertz CT molecular complexity index is 488. The third kappa shape index (κ3) is 3.95. The van der Waals surface area contributed by atoms with Gasteiger partial charge in [0.05, 0.1) is 0 Å². The van der Waals surface area contributed by atoms with E-state index in [2.05, 4.69) is 5.32 Å². The summed E-state index contributed by atoms with van der Waals surface area (Å²) in [5.74, 6) is -1.26. The van der Waals surface area contributed by atoms with Crippen LogP contribution >= 0.6 is 11.6 Å². The summed E-state index contributed by atoms with van der Waals surface area (Å²) < 4.78 is 5.17. The molecule has 2 N–H and O–H groups in total. The molecule has 0 spiro atoms. The van der Waals surface area contributed by atoms with Crippen LogP contribution in [0.25, 0.3) is 0 Å². The van der Waals surface area contributed by atoms with Crippen LogP contribution in [0.4, 0.5) is 0 Å². The first-order chi connectivity index (χ1) is 9.56. The monoisotopic (exact) mass is 297 g/mol. The maximum Gasteiger partial charge on any atom is 0.332 e. The molecule has 2 atom stereocenters. The van der Waals surface area contributed by atoms with Gasteiger partial charge in [-0.2, -0.15) is 0 Å². The van der Waals surface area contributed by atoms with Gasteiger partial charge in [-0.1, -0.05) is 23.7 Å². The van der Waals surface area contributed by atoms with Crippen molar-refractivity contribution < 1.29 is 19.4 Å². The highest BCUT2D eigenvalue weighted by atomic mass is 35.5. The Morgan fingerprint density at radius 3 is 2.50 bits per heavy atom. The molecule has 0 unspecified atom stereocenters. The van der Waals surface area contributed by atoms with Crippen LogP contribution in [0.1, 0.15) is 18.4 Å². The molecule has 1 aromatic rings. The summed E-state index contributed by atoms with van der Waals surface area (Å²) in [5.41, 5.74) is 1.07. The number of benzene rings is 1. The molecule has 1 aliphatic heterocycles. The van der Waals surface area contributed by atoms with Crippen molar-refractivity contribution in [3.8, 4) is 0 Å². The number of rotatable bonds is 5. The van der Waals surface area contributed by atoms with E-state index in [9.17, 15) is 9.59 Å². The number of nitrogens with one attached hydrogen (secondary N) is 1. The zero-order valence-corrected chi connectivity index (χ0v) is 11.6. The molecule has 1 aliphatic rings. The van der Waals surface area contributed by atoms with Gasteiger partial charge in [-0.3, -0.25) is 4.79 Å². The minimum Gasteiger partial charge on any atom is -0.479 e. The van der Waals surface area contributed by atoms with Crippen molar-refractivity contribution in [2.75, 3.05) is 6.54 Å². The van der Waals surface area contributed by atoms with Gasteiger partial charge in [0.25, 0.3) is 0 Å². The second-order valence-corrected chi connectivity index (χ2v) is 5.13. The largest absolute Gasteiger partial charge is 0.479 e. The van der Waals surface area contributed by atoms with Gasteiger partial charge in [0.2, 0.25) is 5.91 Å². The van der Waals surface area contributed by atoms with Crippen molar-refractivity contribution in [3.63, 3.8) is 0 Å². The number of halogens is 1. The maximum atomic E-state index is 11.8. The average molecular weight is 298 g/mol. The topological polar surface area (TPSA) is 75.6 Å². The van der Waals surface area contributed by atoms with E-state index >= 15 is 0 Å². The molecule has 2 rings (SSSR count). The molecule has 1 heterocycles. The van der Waals surface area contributed by atoms with Crippen LogP contribution in [0.3, 0.4) is 0 Å². The highest BCUT2D eigenvalue weighted by molar-refractivity contribution is 6.30. The van der Waals surface area contributed by atoms with Gasteiger partial charge in [0, 0.05) is 11.6 Å². The van der Waals surface area contributed by atoms with E-state index < -0.39 is 18.2 Å². The van der Waals surface area contributed by atoms with E-state index in [4.69, 9.17) is 21.4 Å². The molecule has 0 saturated carbocycles. The summed E-state index contributed by atoms with van der Waals surface area (Å²) in [5, 5.41) is 12.2. The molecule has 108 valence electrons. The van der Waals surface area contributed by atoms with Gasteiger partial charge in [0.15, 0.2) is 6.10 Å². The Morgan fingerprint density at radius 2 is 1.90 bits per heavy atom. The van der Waals surface area contributed by atoms with E-state index in [1.54, 1.807) is 12.1 Å². The van der Waals surface area contributed by atoms with Crippen LogP contribution in [-0.2, 0) is 20.7 Å². The Morgan fingerprint density at radius 1 is 1.25 bits per heavy atom. The minimum atomic E-state index is -1.01. The molecule has 1 aromatic carbocycles. The van der Waals surface area contributed by atoms with E-state index in [0.717, 1.165) is 5.56 Å². The fourth-order valence-electron chi connectivity index (χ4n) is 2.11. The van der Waals surface area contributed by atoms with Crippen LogP contribution in [0, 0.1) is 0 Å². The molecule has 1 saturated heterocycles. The smallest absolute Gasteiger partial charge is 0.332 e. The number of aliphatic carboxylic acids is 1. The van der Waals surface area contributed by atoms with E-state index in [-0.39, 0.29) is 5.91 Å². The third-order valence-corrected chi connectivity index (χ3v) is 3.47. The summed E-state index contributed by atoms with van der Waals surface area (Å²) in [6.45, 7) is 0.484. The predicted molar refractivity (Wildman–Crippen MR) is 73.7 cm³/mol. The second kappa shape index (κ2) is 6.72. The molecule has 1 fully saturated rings. The van der Waals surface area contributed by atoms with Gasteiger partial charge in [0.1, 0.15) is 6.10 Å². The molecule has 1 amide bonds. The number of carboxylic acid groups (broad SMARTS) is 1. The lowest BCUT2D eigenvalue weighted by molar-refractivity contribution is -0.151. The quantitative estimate of drug-likeness (QED) is 0.866. The molecular formula is C14H16ClNO4. The number of carbonyl (C=O) groups excluding carboxylic acids is 1. The highest BCUT2D eigenvalue weighted by Crippen LogP contribution is 2.19. The summed E-state index contributed by atoms with van der Waals surface area (Å²) in [4.78, 5) is 22.5. The van der Waals surface area contributed by atoms with Crippen molar-refractivity contribution in [3.05, 3.63) is 34.9 Å². The molecule has 0 bridgehead atoms. The van der Waals surface area contributed by atoms with Crippen LogP contribution in [0.15, 0.2) is 24.3 Å². The first-order valence-corrected chi connectivity index (χ1v) is 6.84. The van der Waals surface area contributed by atoms with Gasteiger partial charge in [-0.15, -0.1) is 0 Å². The Hall–Kier alpha value is -1.59. The predicted octanol–water partition coefficient (Wildman–Crippen LogP) is 1.63. The molecule has 5 nitrogen and oxygen atoms in total. The lowest BCUT2D eigenvalue weighted by Crippen LogP contribution is -2.36. The van der Waals surface area contributed by atoms with Crippen LogP contribution in [-0.4, -0.2) is 35.7 Å². The SMILES string of the molecule is O=C(NCCc1ccc(Cl)cc1)[C@@H]1CC[C@H](C(=O)O)O1. The zero-order valence-electron chi connectivity index (χ0n) is 10.8. The Kier molecular flexibility index (Phi) is 4.98. The minimum absolute atomic E-state index is 0.247. The Labute approximate surface area is 121 Å². The first kappa shape index (κ1) is 14.8. The van der Waals surface area contributed by atoms with E-state index in [1.807, 2.05) is 12.1 Å². The number of hydrogen-bond donors (Lipinski definition) is 2. The number of carbonyl (C=O) groups is 2. The lowest BCUT2D eigenvalue weighted by Gasteiger charge is -2.11. The van der Waals surface area contributed by atoms with Crippen LogP contribution in [0.2, 0.25) is 5.02 Å². The van der Waals surface area contributed by atoms with Gasteiger partial charge in [-0.05, 0) is 37.0 Å². The first-order valence-electron chi connectivity index (χ1n) is 6.46. The van der Waals surface area contributed by atoms with Crippen molar-refractivity contribution in [2.24, 2.45) is 0 Å². The van der Waals surface area contributed by atoms with Crippen molar-refractivity contribution in [1.29, 1.82) is 0 Å². The lowest BCUT2D eigenvalue weighted by atomic mass is 10.1. The van der Waals surface area contributed by atoms with Crippen molar-refractivity contribution >= 4 is 23.5 Å². The van der Waals surface area contributed by atoms with Crippen LogP contribution in [0.5, 0.6) is 0 Å². The number of amides is 1. The fraction of sp³-hybridized carbons (Fsp3) is 0.429. The maximum absolute atomic E-state index is 11.8. The molecular weight excluding hydrogens is 282 g/mol. The van der Waals surface area contributed by atoms with E-state index in [1.165, 1.54) is 0 Å². The van der Waals surface area contributed by atoms with E-state index in [0.29, 0.717) is 30.8 Å². The van der Waals surface area contributed by atoms with Gasteiger partial charge in [-0.25, -0.2) is 4.79 Å². The summed E-state index contributed by atoms with van der Waals surface area (Å²) >= 11 is 5.79. The van der Waals surface area contributed by atoms with Crippen LogP contribution < -0.4 is 5.32 Å². The third-order valence-electron chi connectivity index (χ3n) is 3.21. The molecule has 0 radical (unpaired) electrons. The normalized spacial score (nSPS) is 21.6. The molecule has 0 aliphatic carbocycles. The number of carboxylic acids is 1. The zero-order chi connectivity index (χ0) is 14.5.